The molecule has 8 heteroatoms. The summed E-state index contributed by atoms with van der Waals surface area (Å²) in [7, 11) is 1.56. The van der Waals surface area contributed by atoms with Crippen molar-refractivity contribution in [3.05, 3.63) is 10.3 Å². The minimum atomic E-state index is -4.27. The number of halogens is 4. The molecule has 18 heavy (non-hydrogen) atoms. The fourth-order valence-corrected chi connectivity index (χ4v) is 3.27. The van der Waals surface area contributed by atoms with E-state index in [1.165, 1.54) is 4.68 Å². The normalized spacial score (nSPS) is 29.6. The fraction of sp³-hybridized carbons (Fsp3) is 0.800. The molecule has 1 aliphatic rings. The van der Waals surface area contributed by atoms with E-state index >= 15 is 0 Å². The zero-order valence-electron chi connectivity index (χ0n) is 9.71. The minimum Gasteiger partial charge on any atom is -0.383 e. The summed E-state index contributed by atoms with van der Waals surface area (Å²) in [6, 6.07) is 0. The summed E-state index contributed by atoms with van der Waals surface area (Å²) in [4.78, 5) is 0. The highest BCUT2D eigenvalue weighted by molar-refractivity contribution is 9.10. The first-order chi connectivity index (χ1) is 8.24. The Bertz CT molecular complexity index is 429. The number of hydrogen-bond donors (Lipinski definition) is 1. The molecule has 1 aromatic rings. The average Bonchev–Trinajstić information content (AvgIpc) is 2.58. The molecule has 0 spiro atoms. The Balaban J connectivity index is 2.32. The first kappa shape index (κ1) is 13.8. The fourth-order valence-electron chi connectivity index (χ4n) is 2.57. The van der Waals surface area contributed by atoms with E-state index in [1.54, 1.807) is 7.05 Å². The maximum Gasteiger partial charge on any atom is 0.391 e. The highest BCUT2D eigenvalue weighted by atomic mass is 79.9. The molecule has 1 aliphatic carbocycles. The number of nitrogens with zero attached hydrogens (tertiary/aromatic N) is 3. The van der Waals surface area contributed by atoms with Gasteiger partial charge in [-0.15, -0.1) is 5.10 Å². The summed E-state index contributed by atoms with van der Waals surface area (Å²) in [6.07, 6.45) is -3.92. The summed E-state index contributed by atoms with van der Waals surface area (Å²) in [5.41, 5.74) is -1.20. The van der Waals surface area contributed by atoms with Crippen LogP contribution in [-0.2, 0) is 12.6 Å². The predicted molar refractivity (Wildman–Crippen MR) is 60.6 cm³/mol. The van der Waals surface area contributed by atoms with Gasteiger partial charge in [0.25, 0.3) is 0 Å². The van der Waals surface area contributed by atoms with Crippen LogP contribution in [0.5, 0.6) is 0 Å². The zero-order valence-corrected chi connectivity index (χ0v) is 11.3. The number of alkyl halides is 3. The third-order valence-corrected chi connectivity index (χ3v) is 3.95. The standard InChI is InChI=1S/C10H13BrF3N3O/c1-17-7(8(11)15-16-17)9(18)4-2-3-6(5-9)10(12,13)14/h6,18H,2-5H2,1H3. The van der Waals surface area contributed by atoms with Crippen LogP contribution in [0.25, 0.3) is 0 Å². The smallest absolute Gasteiger partial charge is 0.383 e. The second-order valence-electron chi connectivity index (χ2n) is 4.72. The molecule has 4 nitrogen and oxygen atoms in total. The molecule has 2 atom stereocenters. The van der Waals surface area contributed by atoms with E-state index in [0.717, 1.165) is 0 Å². The number of aryl methyl sites for hydroxylation is 1. The Kier molecular flexibility index (Phi) is 3.44. The van der Waals surface area contributed by atoms with E-state index in [-0.39, 0.29) is 12.8 Å². The van der Waals surface area contributed by atoms with Gasteiger partial charge in [0.15, 0.2) is 4.60 Å². The van der Waals surface area contributed by atoms with Crippen LogP contribution in [0.2, 0.25) is 0 Å². The van der Waals surface area contributed by atoms with Gasteiger partial charge in [0.1, 0.15) is 11.3 Å². The van der Waals surface area contributed by atoms with E-state index in [2.05, 4.69) is 26.2 Å². The molecule has 1 N–H and O–H groups in total. The van der Waals surface area contributed by atoms with Gasteiger partial charge in [-0.2, -0.15) is 13.2 Å². The second-order valence-corrected chi connectivity index (χ2v) is 5.47. The van der Waals surface area contributed by atoms with Gasteiger partial charge in [0.2, 0.25) is 0 Å². The zero-order chi connectivity index (χ0) is 13.6. The summed E-state index contributed by atoms with van der Waals surface area (Å²) in [5.74, 6) is -1.47. The molecule has 102 valence electrons. The van der Waals surface area contributed by atoms with E-state index in [0.29, 0.717) is 23.1 Å². The Morgan fingerprint density at radius 1 is 1.50 bits per heavy atom. The number of aromatic nitrogens is 3. The van der Waals surface area contributed by atoms with Gasteiger partial charge in [-0.1, -0.05) is 5.21 Å². The van der Waals surface area contributed by atoms with E-state index in [4.69, 9.17) is 0 Å². The molecular formula is C10H13BrF3N3O. The van der Waals surface area contributed by atoms with Gasteiger partial charge in [0, 0.05) is 7.05 Å². The highest BCUT2D eigenvalue weighted by Gasteiger charge is 2.49. The largest absolute Gasteiger partial charge is 0.391 e. The van der Waals surface area contributed by atoms with Crippen LogP contribution in [0.1, 0.15) is 31.4 Å². The van der Waals surface area contributed by atoms with Gasteiger partial charge in [0.05, 0.1) is 5.92 Å². The summed E-state index contributed by atoms with van der Waals surface area (Å²) < 4.78 is 39.9. The highest BCUT2D eigenvalue weighted by Crippen LogP contribution is 2.46. The average molecular weight is 328 g/mol. The van der Waals surface area contributed by atoms with Crippen molar-refractivity contribution in [3.63, 3.8) is 0 Å². The van der Waals surface area contributed by atoms with Gasteiger partial charge < -0.3 is 5.11 Å². The lowest BCUT2D eigenvalue weighted by Crippen LogP contribution is -2.39. The van der Waals surface area contributed by atoms with Crippen LogP contribution < -0.4 is 0 Å². The first-order valence-electron chi connectivity index (χ1n) is 5.59. The maximum atomic E-state index is 12.8. The Morgan fingerprint density at radius 3 is 2.67 bits per heavy atom. The van der Waals surface area contributed by atoms with Gasteiger partial charge in [-0.05, 0) is 41.6 Å². The Morgan fingerprint density at radius 2 is 2.17 bits per heavy atom. The molecule has 0 amide bonds. The molecule has 0 bridgehead atoms. The Hall–Kier alpha value is -0.630. The van der Waals surface area contributed by atoms with Crippen molar-refractivity contribution < 1.29 is 18.3 Å². The molecule has 1 fully saturated rings. The molecule has 1 saturated carbocycles. The maximum absolute atomic E-state index is 12.8. The quantitative estimate of drug-likeness (QED) is 0.862. The second kappa shape index (κ2) is 4.48. The summed E-state index contributed by atoms with van der Waals surface area (Å²) in [5, 5.41) is 17.9. The molecule has 1 heterocycles. The van der Waals surface area contributed by atoms with Crippen molar-refractivity contribution in [2.45, 2.75) is 37.5 Å². The van der Waals surface area contributed by atoms with Crippen molar-refractivity contribution in [3.8, 4) is 0 Å². The number of rotatable bonds is 1. The minimum absolute atomic E-state index is 0.0642. The van der Waals surface area contributed by atoms with Crippen molar-refractivity contribution in [2.75, 3.05) is 0 Å². The number of hydrogen-bond acceptors (Lipinski definition) is 3. The molecule has 2 unspecified atom stereocenters. The van der Waals surface area contributed by atoms with Crippen LogP contribution in [-0.4, -0.2) is 26.3 Å². The monoisotopic (exact) mass is 327 g/mol. The lowest BCUT2D eigenvalue weighted by atomic mass is 9.76. The van der Waals surface area contributed by atoms with E-state index < -0.39 is 17.7 Å². The first-order valence-corrected chi connectivity index (χ1v) is 6.38. The third-order valence-electron chi connectivity index (χ3n) is 3.42. The summed E-state index contributed by atoms with van der Waals surface area (Å²) >= 11 is 3.12. The van der Waals surface area contributed by atoms with Crippen molar-refractivity contribution in [1.29, 1.82) is 0 Å². The van der Waals surface area contributed by atoms with Crippen LogP contribution in [0.4, 0.5) is 13.2 Å². The topological polar surface area (TPSA) is 50.9 Å². The van der Waals surface area contributed by atoms with E-state index in [1.807, 2.05) is 0 Å². The van der Waals surface area contributed by atoms with Gasteiger partial charge >= 0.3 is 6.18 Å². The summed E-state index contributed by atoms with van der Waals surface area (Å²) in [6.45, 7) is 0. The van der Waals surface area contributed by atoms with Crippen molar-refractivity contribution in [2.24, 2.45) is 13.0 Å². The molecule has 2 rings (SSSR count). The number of aliphatic hydroxyl groups is 1. The lowest BCUT2D eigenvalue weighted by molar-refractivity contribution is -0.202. The SMILES string of the molecule is Cn1nnc(Br)c1C1(O)CCCC(C(F)(F)F)C1. The molecule has 1 aromatic heterocycles. The van der Waals surface area contributed by atoms with Crippen LogP contribution in [0.15, 0.2) is 4.60 Å². The molecule has 0 saturated heterocycles. The van der Waals surface area contributed by atoms with Crippen molar-refractivity contribution in [1.82, 2.24) is 15.0 Å². The van der Waals surface area contributed by atoms with Gasteiger partial charge in [-0.25, -0.2) is 4.68 Å². The molecule has 0 aromatic carbocycles. The van der Waals surface area contributed by atoms with Crippen molar-refractivity contribution >= 4 is 15.9 Å². The van der Waals surface area contributed by atoms with Crippen LogP contribution >= 0.6 is 15.9 Å². The lowest BCUT2D eigenvalue weighted by Gasteiger charge is -2.37. The van der Waals surface area contributed by atoms with E-state index in [9.17, 15) is 18.3 Å². The van der Waals surface area contributed by atoms with Gasteiger partial charge in [-0.3, -0.25) is 0 Å². The Labute approximate surface area is 110 Å². The third kappa shape index (κ3) is 2.40. The van der Waals surface area contributed by atoms with Crippen LogP contribution in [0.3, 0.4) is 0 Å². The molecule has 0 aliphatic heterocycles. The predicted octanol–water partition coefficient (Wildman–Crippen LogP) is 2.52. The molecular weight excluding hydrogens is 315 g/mol. The molecule has 0 radical (unpaired) electrons. The van der Waals surface area contributed by atoms with Crippen LogP contribution in [0, 0.1) is 5.92 Å².